The Hall–Kier alpha value is -0.600. The van der Waals surface area contributed by atoms with Crippen molar-refractivity contribution in [1.29, 1.82) is 0 Å². The molecule has 1 aromatic rings. The van der Waals surface area contributed by atoms with E-state index in [0.29, 0.717) is 5.56 Å². The summed E-state index contributed by atoms with van der Waals surface area (Å²) >= 11 is 5.66. The molecule has 1 nitrogen and oxygen atoms in total. The zero-order valence-electron chi connectivity index (χ0n) is 6.94. The Balaban J connectivity index is 3.33. The smallest absolute Gasteiger partial charge is 0.142 e. The quantitative estimate of drug-likeness (QED) is 0.719. The Kier molecular flexibility index (Phi) is 2.70. The normalized spacial score (nSPS) is 13.1. The fourth-order valence-corrected chi connectivity index (χ4v) is 1.55. The van der Waals surface area contributed by atoms with Crippen LogP contribution in [-0.4, -0.2) is 5.11 Å². The van der Waals surface area contributed by atoms with Gasteiger partial charge in [0.25, 0.3) is 0 Å². The summed E-state index contributed by atoms with van der Waals surface area (Å²) in [6.07, 6.45) is -0.729. The van der Waals surface area contributed by atoms with E-state index in [-0.39, 0.29) is 5.02 Å². The predicted molar refractivity (Wildman–Crippen MR) is 46.8 cm³/mol. The molecule has 0 heterocycles. The molecule has 0 aliphatic rings. The fraction of sp³-hybridized carbons (Fsp3) is 0.333. The second-order valence-electron chi connectivity index (χ2n) is 2.77. The second-order valence-corrected chi connectivity index (χ2v) is 3.15. The number of halogens is 2. The molecule has 0 bridgehead atoms. The van der Waals surface area contributed by atoms with Crippen molar-refractivity contribution in [3.8, 4) is 0 Å². The van der Waals surface area contributed by atoms with Crippen molar-refractivity contribution in [3.05, 3.63) is 34.1 Å². The minimum atomic E-state index is -0.729. The number of rotatable bonds is 1. The van der Waals surface area contributed by atoms with Gasteiger partial charge in [-0.2, -0.15) is 0 Å². The largest absolute Gasteiger partial charge is 0.389 e. The van der Waals surface area contributed by atoms with Gasteiger partial charge in [-0.05, 0) is 25.5 Å². The molecule has 0 fully saturated rings. The van der Waals surface area contributed by atoms with Crippen LogP contribution in [0, 0.1) is 12.7 Å². The molecule has 0 aliphatic carbocycles. The van der Waals surface area contributed by atoms with Crippen molar-refractivity contribution in [1.82, 2.24) is 0 Å². The van der Waals surface area contributed by atoms with E-state index in [1.165, 1.54) is 6.07 Å². The zero-order chi connectivity index (χ0) is 9.30. The van der Waals surface area contributed by atoms with Gasteiger partial charge in [0.2, 0.25) is 0 Å². The Labute approximate surface area is 75.8 Å². The monoisotopic (exact) mass is 188 g/mol. The van der Waals surface area contributed by atoms with E-state index in [0.717, 1.165) is 5.56 Å². The van der Waals surface area contributed by atoms with Gasteiger partial charge in [0.15, 0.2) is 0 Å². The first-order chi connectivity index (χ1) is 5.54. The standard InChI is InChI=1S/C9H10ClFO/c1-5-3-4-7(11)9(10)8(5)6(2)12/h3-4,6,12H,1-2H3/t6-/m1/s1. The fourth-order valence-electron chi connectivity index (χ4n) is 1.18. The van der Waals surface area contributed by atoms with Gasteiger partial charge < -0.3 is 5.11 Å². The average molecular weight is 189 g/mol. The SMILES string of the molecule is Cc1ccc(F)c(Cl)c1[C@@H](C)O. The van der Waals surface area contributed by atoms with E-state index in [1.807, 2.05) is 0 Å². The van der Waals surface area contributed by atoms with Crippen molar-refractivity contribution in [3.63, 3.8) is 0 Å². The topological polar surface area (TPSA) is 20.2 Å². The molecule has 66 valence electrons. The minimum Gasteiger partial charge on any atom is -0.389 e. The van der Waals surface area contributed by atoms with Crippen molar-refractivity contribution < 1.29 is 9.50 Å². The van der Waals surface area contributed by atoms with E-state index in [2.05, 4.69) is 0 Å². The summed E-state index contributed by atoms with van der Waals surface area (Å²) in [5.74, 6) is -0.488. The van der Waals surface area contributed by atoms with Crippen LogP contribution in [0.1, 0.15) is 24.2 Å². The minimum absolute atomic E-state index is 0.0185. The number of hydrogen-bond donors (Lipinski definition) is 1. The number of hydrogen-bond acceptors (Lipinski definition) is 1. The third kappa shape index (κ3) is 1.59. The van der Waals surface area contributed by atoms with Gasteiger partial charge in [-0.15, -0.1) is 0 Å². The summed E-state index contributed by atoms with van der Waals surface area (Å²) in [4.78, 5) is 0. The lowest BCUT2D eigenvalue weighted by Crippen LogP contribution is -1.97. The molecule has 3 heteroatoms. The highest BCUT2D eigenvalue weighted by Crippen LogP contribution is 2.28. The van der Waals surface area contributed by atoms with Gasteiger partial charge >= 0.3 is 0 Å². The van der Waals surface area contributed by atoms with Crippen LogP contribution in [0.15, 0.2) is 12.1 Å². The molecule has 0 unspecified atom stereocenters. The molecule has 0 saturated heterocycles. The van der Waals surface area contributed by atoms with Gasteiger partial charge in [-0.3, -0.25) is 0 Å². The first-order valence-electron chi connectivity index (χ1n) is 3.66. The lowest BCUT2D eigenvalue weighted by molar-refractivity contribution is 0.198. The summed E-state index contributed by atoms with van der Waals surface area (Å²) in [5, 5.41) is 9.28. The Morgan fingerprint density at radius 1 is 1.50 bits per heavy atom. The van der Waals surface area contributed by atoms with Gasteiger partial charge in [0, 0.05) is 5.56 Å². The first-order valence-corrected chi connectivity index (χ1v) is 4.04. The summed E-state index contributed by atoms with van der Waals surface area (Å²) in [5.41, 5.74) is 1.27. The Morgan fingerprint density at radius 2 is 2.08 bits per heavy atom. The van der Waals surface area contributed by atoms with Crippen molar-refractivity contribution in [2.45, 2.75) is 20.0 Å². The number of aliphatic hydroxyl groups is 1. The Bertz CT molecular complexity index is 297. The van der Waals surface area contributed by atoms with Crippen LogP contribution in [0.5, 0.6) is 0 Å². The second kappa shape index (κ2) is 3.42. The molecule has 0 spiro atoms. The van der Waals surface area contributed by atoms with Crippen LogP contribution in [-0.2, 0) is 0 Å². The maximum atomic E-state index is 12.9. The van der Waals surface area contributed by atoms with Gasteiger partial charge in [-0.25, -0.2) is 4.39 Å². The van der Waals surface area contributed by atoms with Crippen molar-refractivity contribution >= 4 is 11.6 Å². The van der Waals surface area contributed by atoms with Gasteiger partial charge in [-0.1, -0.05) is 17.7 Å². The van der Waals surface area contributed by atoms with E-state index in [4.69, 9.17) is 11.6 Å². The highest BCUT2D eigenvalue weighted by atomic mass is 35.5. The maximum absolute atomic E-state index is 12.9. The molecule has 1 atom stereocenters. The van der Waals surface area contributed by atoms with Crippen molar-refractivity contribution in [2.75, 3.05) is 0 Å². The molecule has 12 heavy (non-hydrogen) atoms. The lowest BCUT2D eigenvalue weighted by Gasteiger charge is -2.10. The highest BCUT2D eigenvalue weighted by Gasteiger charge is 2.12. The van der Waals surface area contributed by atoms with E-state index in [1.54, 1.807) is 19.9 Å². The summed E-state index contributed by atoms with van der Waals surface area (Å²) in [6, 6.07) is 2.90. The molecule has 1 aromatic carbocycles. The summed E-state index contributed by atoms with van der Waals surface area (Å²) in [6.45, 7) is 3.35. The summed E-state index contributed by atoms with van der Waals surface area (Å²) in [7, 11) is 0. The zero-order valence-corrected chi connectivity index (χ0v) is 7.69. The number of benzene rings is 1. The molecule has 0 amide bonds. The molecular formula is C9H10ClFO. The molecule has 0 saturated carbocycles. The third-order valence-electron chi connectivity index (χ3n) is 1.77. The van der Waals surface area contributed by atoms with E-state index < -0.39 is 11.9 Å². The average Bonchev–Trinajstić information content (AvgIpc) is 1.97. The van der Waals surface area contributed by atoms with Crippen LogP contribution in [0.25, 0.3) is 0 Å². The molecule has 1 N–H and O–H groups in total. The molecule has 1 rings (SSSR count). The van der Waals surface area contributed by atoms with Crippen LogP contribution in [0.4, 0.5) is 4.39 Å². The molecule has 0 aliphatic heterocycles. The van der Waals surface area contributed by atoms with Crippen LogP contribution >= 0.6 is 11.6 Å². The van der Waals surface area contributed by atoms with E-state index >= 15 is 0 Å². The van der Waals surface area contributed by atoms with Gasteiger partial charge in [0.1, 0.15) is 5.82 Å². The Morgan fingerprint density at radius 3 is 2.50 bits per heavy atom. The number of aryl methyl sites for hydroxylation is 1. The predicted octanol–water partition coefficient (Wildman–Crippen LogP) is 2.84. The molecule has 0 aromatic heterocycles. The maximum Gasteiger partial charge on any atom is 0.142 e. The lowest BCUT2D eigenvalue weighted by atomic mass is 10.0. The van der Waals surface area contributed by atoms with Crippen molar-refractivity contribution in [2.24, 2.45) is 0 Å². The summed E-state index contributed by atoms with van der Waals surface area (Å²) < 4.78 is 12.9. The van der Waals surface area contributed by atoms with Crippen LogP contribution in [0.2, 0.25) is 5.02 Å². The number of aliphatic hydroxyl groups excluding tert-OH is 1. The van der Waals surface area contributed by atoms with E-state index in [9.17, 15) is 9.50 Å². The van der Waals surface area contributed by atoms with Crippen LogP contribution < -0.4 is 0 Å². The molecule has 0 radical (unpaired) electrons. The first kappa shape index (κ1) is 9.49. The molecular weight excluding hydrogens is 179 g/mol. The highest BCUT2D eigenvalue weighted by molar-refractivity contribution is 6.31. The van der Waals surface area contributed by atoms with Gasteiger partial charge in [0.05, 0.1) is 11.1 Å². The third-order valence-corrected chi connectivity index (χ3v) is 2.15. The van der Waals surface area contributed by atoms with Crippen LogP contribution in [0.3, 0.4) is 0 Å².